The molecule has 0 aliphatic carbocycles. The third-order valence-electron chi connectivity index (χ3n) is 2.13. The summed E-state index contributed by atoms with van der Waals surface area (Å²) >= 11 is 0. The zero-order valence-corrected chi connectivity index (χ0v) is 8.76. The highest BCUT2D eigenvalue weighted by atomic mass is 15.0. The van der Waals surface area contributed by atoms with E-state index in [0.29, 0.717) is 11.7 Å². The molecule has 0 spiro atoms. The normalized spacial score (nSPS) is 10.8. The van der Waals surface area contributed by atoms with Gasteiger partial charge >= 0.3 is 0 Å². The van der Waals surface area contributed by atoms with Crippen molar-refractivity contribution >= 4 is 5.82 Å². The minimum absolute atomic E-state index is 0.340. The Morgan fingerprint density at radius 2 is 1.92 bits per heavy atom. The Kier molecular flexibility index (Phi) is 2.86. The molecule has 0 radical (unpaired) electrons. The van der Waals surface area contributed by atoms with Crippen LogP contribution in [0.4, 0.5) is 5.82 Å². The lowest BCUT2D eigenvalue weighted by Gasteiger charge is -2.10. The molecule has 0 bridgehead atoms. The van der Waals surface area contributed by atoms with Crippen molar-refractivity contribution in [3.63, 3.8) is 0 Å². The van der Waals surface area contributed by atoms with Crippen LogP contribution in [0.15, 0.2) is 0 Å². The quantitative estimate of drug-likeness (QED) is 0.756. The molecule has 0 fully saturated rings. The number of aromatic nitrogens is 2. The second kappa shape index (κ2) is 3.73. The van der Waals surface area contributed by atoms with Crippen molar-refractivity contribution < 1.29 is 0 Å². The van der Waals surface area contributed by atoms with Crippen molar-refractivity contribution in [3.8, 4) is 0 Å². The van der Waals surface area contributed by atoms with E-state index in [1.807, 2.05) is 6.92 Å². The molecule has 0 unspecified atom stereocenters. The first-order valence-electron chi connectivity index (χ1n) is 4.69. The smallest absolute Gasteiger partial charge is 0.133 e. The number of nitrogens with two attached hydrogens (primary N) is 1. The van der Waals surface area contributed by atoms with Gasteiger partial charge in [0.2, 0.25) is 0 Å². The number of hydrogen-bond donors (Lipinski definition) is 1. The summed E-state index contributed by atoms with van der Waals surface area (Å²) in [6.45, 7) is 8.19. The molecule has 1 aromatic rings. The molecule has 0 atom stereocenters. The van der Waals surface area contributed by atoms with E-state index in [9.17, 15) is 0 Å². The fourth-order valence-electron chi connectivity index (χ4n) is 1.34. The summed E-state index contributed by atoms with van der Waals surface area (Å²) in [5, 5.41) is 0. The summed E-state index contributed by atoms with van der Waals surface area (Å²) < 4.78 is 0. The monoisotopic (exact) mass is 179 g/mol. The van der Waals surface area contributed by atoms with Crippen molar-refractivity contribution in [2.75, 3.05) is 5.73 Å². The van der Waals surface area contributed by atoms with Gasteiger partial charge in [-0.2, -0.15) is 0 Å². The maximum absolute atomic E-state index is 5.82. The van der Waals surface area contributed by atoms with E-state index < -0.39 is 0 Å². The van der Waals surface area contributed by atoms with Crippen LogP contribution in [0.2, 0.25) is 0 Å². The van der Waals surface area contributed by atoms with E-state index in [1.54, 1.807) is 0 Å². The third kappa shape index (κ3) is 1.97. The molecule has 3 nitrogen and oxygen atoms in total. The molecule has 1 aromatic heterocycles. The standard InChI is InChI=1S/C10H17N3/c1-5-8-7(4)12-10(6(2)3)13-9(8)11/h6H,5H2,1-4H3,(H2,11,12,13). The van der Waals surface area contributed by atoms with Gasteiger partial charge in [0.05, 0.1) is 0 Å². The zero-order valence-electron chi connectivity index (χ0n) is 8.76. The van der Waals surface area contributed by atoms with Crippen LogP contribution in [-0.4, -0.2) is 9.97 Å². The molecule has 0 aliphatic rings. The van der Waals surface area contributed by atoms with E-state index in [2.05, 4.69) is 30.7 Å². The van der Waals surface area contributed by atoms with Gasteiger partial charge in [0, 0.05) is 17.2 Å². The Balaban J connectivity index is 3.20. The van der Waals surface area contributed by atoms with Gasteiger partial charge in [-0.05, 0) is 13.3 Å². The molecule has 1 heterocycles. The number of hydrogen-bond acceptors (Lipinski definition) is 3. The summed E-state index contributed by atoms with van der Waals surface area (Å²) in [7, 11) is 0. The van der Waals surface area contributed by atoms with Gasteiger partial charge in [-0.3, -0.25) is 0 Å². The van der Waals surface area contributed by atoms with Gasteiger partial charge in [-0.25, -0.2) is 9.97 Å². The molecular weight excluding hydrogens is 162 g/mol. The van der Waals surface area contributed by atoms with Crippen LogP contribution >= 0.6 is 0 Å². The van der Waals surface area contributed by atoms with Gasteiger partial charge in [0.1, 0.15) is 11.6 Å². The van der Waals surface area contributed by atoms with E-state index in [1.165, 1.54) is 0 Å². The Labute approximate surface area is 79.4 Å². The first kappa shape index (κ1) is 9.96. The van der Waals surface area contributed by atoms with Crippen molar-refractivity contribution in [1.29, 1.82) is 0 Å². The van der Waals surface area contributed by atoms with Crippen molar-refractivity contribution in [2.24, 2.45) is 0 Å². The van der Waals surface area contributed by atoms with Crippen LogP contribution in [-0.2, 0) is 6.42 Å². The molecule has 72 valence electrons. The van der Waals surface area contributed by atoms with Crippen LogP contribution in [0.1, 0.15) is 43.8 Å². The molecule has 0 aromatic carbocycles. The molecule has 13 heavy (non-hydrogen) atoms. The second-order valence-electron chi connectivity index (χ2n) is 3.54. The predicted molar refractivity (Wildman–Crippen MR) is 54.6 cm³/mol. The number of anilines is 1. The average Bonchev–Trinajstić information content (AvgIpc) is 2.03. The summed E-state index contributed by atoms with van der Waals surface area (Å²) in [6, 6.07) is 0. The molecule has 1 rings (SSSR count). The van der Waals surface area contributed by atoms with E-state index in [4.69, 9.17) is 5.73 Å². The highest BCUT2D eigenvalue weighted by Gasteiger charge is 2.09. The minimum atomic E-state index is 0.340. The van der Waals surface area contributed by atoms with Crippen molar-refractivity contribution in [2.45, 2.75) is 40.0 Å². The van der Waals surface area contributed by atoms with Crippen LogP contribution in [0.5, 0.6) is 0 Å². The lowest BCUT2D eigenvalue weighted by atomic mass is 10.1. The molecule has 0 saturated heterocycles. The molecule has 3 heteroatoms. The Bertz CT molecular complexity index is 282. The van der Waals surface area contributed by atoms with Crippen molar-refractivity contribution in [3.05, 3.63) is 17.1 Å². The molecular formula is C10H17N3. The Morgan fingerprint density at radius 1 is 1.31 bits per heavy atom. The van der Waals surface area contributed by atoms with Gasteiger partial charge in [0.15, 0.2) is 0 Å². The van der Waals surface area contributed by atoms with E-state index in [-0.39, 0.29) is 0 Å². The predicted octanol–water partition coefficient (Wildman–Crippen LogP) is 2.05. The maximum atomic E-state index is 5.82. The number of rotatable bonds is 2. The van der Waals surface area contributed by atoms with E-state index in [0.717, 1.165) is 23.5 Å². The Hall–Kier alpha value is -1.12. The number of nitrogens with zero attached hydrogens (tertiary/aromatic N) is 2. The average molecular weight is 179 g/mol. The lowest BCUT2D eigenvalue weighted by Crippen LogP contribution is -2.07. The van der Waals surface area contributed by atoms with Gasteiger partial charge < -0.3 is 5.73 Å². The zero-order chi connectivity index (χ0) is 10.0. The summed E-state index contributed by atoms with van der Waals surface area (Å²) in [6.07, 6.45) is 0.899. The largest absolute Gasteiger partial charge is 0.383 e. The third-order valence-corrected chi connectivity index (χ3v) is 2.13. The Morgan fingerprint density at radius 3 is 2.31 bits per heavy atom. The highest BCUT2D eigenvalue weighted by Crippen LogP contribution is 2.17. The summed E-state index contributed by atoms with van der Waals surface area (Å²) in [5.41, 5.74) is 7.91. The van der Waals surface area contributed by atoms with Crippen LogP contribution in [0, 0.1) is 6.92 Å². The molecule has 2 N–H and O–H groups in total. The molecule has 0 aliphatic heterocycles. The fraction of sp³-hybridized carbons (Fsp3) is 0.600. The van der Waals surface area contributed by atoms with E-state index >= 15 is 0 Å². The van der Waals surface area contributed by atoms with Gasteiger partial charge in [-0.15, -0.1) is 0 Å². The second-order valence-corrected chi connectivity index (χ2v) is 3.54. The topological polar surface area (TPSA) is 51.8 Å². The maximum Gasteiger partial charge on any atom is 0.133 e. The SMILES string of the molecule is CCc1c(C)nc(C(C)C)nc1N. The highest BCUT2D eigenvalue weighted by molar-refractivity contribution is 5.42. The van der Waals surface area contributed by atoms with Gasteiger partial charge in [0.25, 0.3) is 0 Å². The number of nitrogen functional groups attached to an aromatic ring is 1. The van der Waals surface area contributed by atoms with Crippen LogP contribution < -0.4 is 5.73 Å². The van der Waals surface area contributed by atoms with Crippen LogP contribution in [0.3, 0.4) is 0 Å². The number of aryl methyl sites for hydroxylation is 1. The minimum Gasteiger partial charge on any atom is -0.383 e. The first-order valence-corrected chi connectivity index (χ1v) is 4.69. The molecule has 0 saturated carbocycles. The molecule has 0 amide bonds. The summed E-state index contributed by atoms with van der Waals surface area (Å²) in [5.74, 6) is 1.82. The lowest BCUT2D eigenvalue weighted by molar-refractivity contribution is 0.762. The van der Waals surface area contributed by atoms with Crippen LogP contribution in [0.25, 0.3) is 0 Å². The summed E-state index contributed by atoms with van der Waals surface area (Å²) in [4.78, 5) is 8.68. The first-order chi connectivity index (χ1) is 6.06. The van der Waals surface area contributed by atoms with Crippen molar-refractivity contribution in [1.82, 2.24) is 9.97 Å². The fourth-order valence-corrected chi connectivity index (χ4v) is 1.34. The van der Waals surface area contributed by atoms with Gasteiger partial charge in [-0.1, -0.05) is 20.8 Å².